The molecule has 0 aromatic carbocycles. The van der Waals surface area contributed by atoms with E-state index in [9.17, 15) is 4.79 Å². The van der Waals surface area contributed by atoms with Crippen LogP contribution in [0.4, 0.5) is 10.5 Å². The van der Waals surface area contributed by atoms with Gasteiger partial charge in [-0.2, -0.15) is 5.10 Å². The van der Waals surface area contributed by atoms with E-state index in [2.05, 4.69) is 10.4 Å². The molecule has 0 bridgehead atoms. The topological polar surface area (TPSA) is 76.2 Å². The van der Waals surface area contributed by atoms with Gasteiger partial charge < -0.3 is 16.0 Å². The standard InChI is InChI=1S/C8H15N5O/c1-12(4-3-9)8(14)11-7-5-10-13(2)6-7/h5-6H,3-4,9H2,1-2H3,(H,11,14). The van der Waals surface area contributed by atoms with Crippen molar-refractivity contribution < 1.29 is 4.79 Å². The van der Waals surface area contributed by atoms with Gasteiger partial charge in [0.1, 0.15) is 0 Å². The number of hydrogen-bond acceptors (Lipinski definition) is 3. The van der Waals surface area contributed by atoms with Crippen LogP contribution in [0.15, 0.2) is 12.4 Å². The highest BCUT2D eigenvalue weighted by Gasteiger charge is 2.07. The summed E-state index contributed by atoms with van der Waals surface area (Å²) in [5, 5.41) is 6.63. The molecule has 6 heteroatoms. The molecule has 3 N–H and O–H groups in total. The van der Waals surface area contributed by atoms with Crippen molar-refractivity contribution in [2.75, 3.05) is 25.5 Å². The first-order chi connectivity index (χ1) is 6.63. The lowest BCUT2D eigenvalue weighted by atomic mass is 10.5. The number of anilines is 1. The lowest BCUT2D eigenvalue weighted by Gasteiger charge is -2.15. The largest absolute Gasteiger partial charge is 0.329 e. The Labute approximate surface area is 82.7 Å². The average Bonchev–Trinajstić information content (AvgIpc) is 2.51. The van der Waals surface area contributed by atoms with Crippen LogP contribution < -0.4 is 11.1 Å². The van der Waals surface area contributed by atoms with Crippen LogP contribution in [-0.2, 0) is 7.05 Å². The van der Waals surface area contributed by atoms with Crippen LogP contribution in [0, 0.1) is 0 Å². The summed E-state index contributed by atoms with van der Waals surface area (Å²) in [7, 11) is 3.48. The summed E-state index contributed by atoms with van der Waals surface area (Å²) < 4.78 is 1.62. The van der Waals surface area contributed by atoms with Crippen LogP contribution in [0.1, 0.15) is 0 Å². The number of carbonyl (C=O) groups excluding carboxylic acids is 1. The third-order valence-corrected chi connectivity index (χ3v) is 1.77. The van der Waals surface area contributed by atoms with Crippen molar-refractivity contribution in [1.29, 1.82) is 0 Å². The van der Waals surface area contributed by atoms with Gasteiger partial charge in [0.2, 0.25) is 0 Å². The van der Waals surface area contributed by atoms with E-state index >= 15 is 0 Å². The molecule has 0 aliphatic carbocycles. The highest BCUT2D eigenvalue weighted by Crippen LogP contribution is 2.03. The maximum Gasteiger partial charge on any atom is 0.321 e. The first-order valence-corrected chi connectivity index (χ1v) is 4.34. The lowest BCUT2D eigenvalue weighted by Crippen LogP contribution is -2.35. The summed E-state index contributed by atoms with van der Waals surface area (Å²) in [5.41, 5.74) is 6.01. The monoisotopic (exact) mass is 197 g/mol. The molecule has 1 aromatic heterocycles. The van der Waals surface area contributed by atoms with Gasteiger partial charge in [0, 0.05) is 33.4 Å². The number of nitrogens with one attached hydrogen (secondary N) is 1. The highest BCUT2D eigenvalue weighted by atomic mass is 16.2. The van der Waals surface area contributed by atoms with Gasteiger partial charge in [0.15, 0.2) is 0 Å². The zero-order valence-electron chi connectivity index (χ0n) is 8.40. The van der Waals surface area contributed by atoms with Gasteiger partial charge in [-0.05, 0) is 0 Å². The Kier molecular flexibility index (Phi) is 3.47. The third-order valence-electron chi connectivity index (χ3n) is 1.77. The number of urea groups is 1. The van der Waals surface area contributed by atoms with E-state index in [1.54, 1.807) is 31.2 Å². The molecule has 0 aliphatic heterocycles. The minimum atomic E-state index is -0.177. The van der Waals surface area contributed by atoms with Crippen LogP contribution >= 0.6 is 0 Å². The normalized spacial score (nSPS) is 9.93. The van der Waals surface area contributed by atoms with E-state index in [0.717, 1.165) is 0 Å². The maximum absolute atomic E-state index is 11.4. The molecule has 0 fully saturated rings. The predicted molar refractivity (Wildman–Crippen MR) is 53.9 cm³/mol. The molecule has 78 valence electrons. The maximum atomic E-state index is 11.4. The number of nitrogens with zero attached hydrogens (tertiary/aromatic N) is 3. The van der Waals surface area contributed by atoms with Crippen LogP contribution in [0.5, 0.6) is 0 Å². The van der Waals surface area contributed by atoms with Crippen LogP contribution in [0.3, 0.4) is 0 Å². The number of nitrogens with two attached hydrogens (primary N) is 1. The molecule has 0 saturated carbocycles. The molecule has 1 heterocycles. The number of hydrogen-bond donors (Lipinski definition) is 2. The van der Waals surface area contributed by atoms with Gasteiger partial charge >= 0.3 is 6.03 Å². The molecule has 0 spiro atoms. The summed E-state index contributed by atoms with van der Waals surface area (Å²) in [4.78, 5) is 13.0. The summed E-state index contributed by atoms with van der Waals surface area (Å²) in [6.45, 7) is 0.989. The van der Waals surface area contributed by atoms with Gasteiger partial charge in [-0.1, -0.05) is 0 Å². The number of carbonyl (C=O) groups is 1. The Morgan fingerprint density at radius 3 is 3.00 bits per heavy atom. The Morgan fingerprint density at radius 2 is 2.50 bits per heavy atom. The molecule has 0 saturated heterocycles. The van der Waals surface area contributed by atoms with Gasteiger partial charge in [0.25, 0.3) is 0 Å². The Morgan fingerprint density at radius 1 is 1.79 bits per heavy atom. The van der Waals surface area contributed by atoms with Crippen molar-refractivity contribution in [3.05, 3.63) is 12.4 Å². The fourth-order valence-corrected chi connectivity index (χ4v) is 1.000. The van der Waals surface area contributed by atoms with Crippen molar-refractivity contribution in [2.24, 2.45) is 12.8 Å². The van der Waals surface area contributed by atoms with E-state index in [1.807, 2.05) is 0 Å². The van der Waals surface area contributed by atoms with E-state index in [4.69, 9.17) is 5.73 Å². The molecule has 1 rings (SSSR count). The fourth-order valence-electron chi connectivity index (χ4n) is 1.000. The van der Waals surface area contributed by atoms with E-state index in [0.29, 0.717) is 18.8 Å². The molecule has 2 amide bonds. The minimum Gasteiger partial charge on any atom is -0.329 e. The third kappa shape index (κ3) is 2.74. The average molecular weight is 197 g/mol. The number of aryl methyl sites for hydroxylation is 1. The molecular weight excluding hydrogens is 182 g/mol. The number of aromatic nitrogens is 2. The van der Waals surface area contributed by atoms with Gasteiger partial charge in [-0.15, -0.1) is 0 Å². The molecule has 0 radical (unpaired) electrons. The molecule has 0 aliphatic rings. The molecular formula is C8H15N5O. The van der Waals surface area contributed by atoms with Crippen LogP contribution in [-0.4, -0.2) is 40.8 Å². The van der Waals surface area contributed by atoms with Crippen molar-refractivity contribution in [1.82, 2.24) is 14.7 Å². The summed E-state index contributed by atoms with van der Waals surface area (Å²) in [6, 6.07) is -0.177. The van der Waals surface area contributed by atoms with E-state index in [1.165, 1.54) is 4.90 Å². The Bertz CT molecular complexity index is 308. The van der Waals surface area contributed by atoms with Crippen molar-refractivity contribution in [2.45, 2.75) is 0 Å². The van der Waals surface area contributed by atoms with Gasteiger partial charge in [-0.25, -0.2) is 4.79 Å². The Balaban J connectivity index is 2.48. The number of rotatable bonds is 3. The Hall–Kier alpha value is -1.56. The van der Waals surface area contributed by atoms with E-state index < -0.39 is 0 Å². The van der Waals surface area contributed by atoms with Crippen molar-refractivity contribution in [3.63, 3.8) is 0 Å². The number of likely N-dealkylation sites (N-methyl/N-ethyl adjacent to an activating group) is 1. The van der Waals surface area contributed by atoms with Gasteiger partial charge in [-0.3, -0.25) is 4.68 Å². The van der Waals surface area contributed by atoms with E-state index in [-0.39, 0.29) is 6.03 Å². The fraction of sp³-hybridized carbons (Fsp3) is 0.500. The first-order valence-electron chi connectivity index (χ1n) is 4.34. The van der Waals surface area contributed by atoms with Crippen LogP contribution in [0.25, 0.3) is 0 Å². The molecule has 6 nitrogen and oxygen atoms in total. The SMILES string of the molecule is CN(CCN)C(=O)Nc1cnn(C)c1. The quantitative estimate of drug-likeness (QED) is 0.707. The molecule has 0 unspecified atom stereocenters. The smallest absolute Gasteiger partial charge is 0.321 e. The summed E-state index contributed by atoms with van der Waals surface area (Å²) in [6.07, 6.45) is 3.32. The summed E-state index contributed by atoms with van der Waals surface area (Å²) in [5.74, 6) is 0. The van der Waals surface area contributed by atoms with Crippen molar-refractivity contribution >= 4 is 11.7 Å². The lowest BCUT2D eigenvalue weighted by molar-refractivity contribution is 0.223. The van der Waals surface area contributed by atoms with Crippen LogP contribution in [0.2, 0.25) is 0 Å². The highest BCUT2D eigenvalue weighted by molar-refractivity contribution is 5.88. The minimum absolute atomic E-state index is 0.177. The second-order valence-corrected chi connectivity index (χ2v) is 3.04. The zero-order valence-corrected chi connectivity index (χ0v) is 8.40. The molecule has 1 aromatic rings. The van der Waals surface area contributed by atoms with Gasteiger partial charge in [0.05, 0.1) is 11.9 Å². The second kappa shape index (κ2) is 4.61. The van der Waals surface area contributed by atoms with Crippen molar-refractivity contribution in [3.8, 4) is 0 Å². The number of amides is 2. The first kappa shape index (κ1) is 10.5. The summed E-state index contributed by atoms with van der Waals surface area (Å²) >= 11 is 0. The molecule has 14 heavy (non-hydrogen) atoms. The predicted octanol–water partition coefficient (Wildman–Crippen LogP) is -0.157. The second-order valence-electron chi connectivity index (χ2n) is 3.04. The zero-order chi connectivity index (χ0) is 10.6. The molecule has 0 atom stereocenters.